The third-order valence-corrected chi connectivity index (χ3v) is 4.45. The number of benzene rings is 3. The normalized spacial score (nSPS) is 10.8. The fourth-order valence-corrected chi connectivity index (χ4v) is 2.77. The van der Waals surface area contributed by atoms with Crippen molar-refractivity contribution in [2.24, 2.45) is 0 Å². The lowest BCUT2D eigenvalue weighted by Gasteiger charge is -2.10. The van der Waals surface area contributed by atoms with Gasteiger partial charge < -0.3 is 20.1 Å². The quantitative estimate of drug-likeness (QED) is 0.352. The second kappa shape index (κ2) is 10.5. The van der Waals surface area contributed by atoms with Crippen LogP contribution in [0, 0.1) is 0 Å². The van der Waals surface area contributed by atoms with Crippen molar-refractivity contribution >= 4 is 29.3 Å². The lowest BCUT2D eigenvalue weighted by Crippen LogP contribution is -2.14. The molecule has 0 aliphatic heterocycles. The van der Waals surface area contributed by atoms with Gasteiger partial charge in [-0.15, -0.1) is 0 Å². The molecule has 0 aliphatic carbocycles. The highest BCUT2D eigenvalue weighted by molar-refractivity contribution is 6.05. The van der Waals surface area contributed by atoms with E-state index in [2.05, 4.69) is 15.4 Å². The highest BCUT2D eigenvalue weighted by atomic mass is 19.4. The number of hydrogen-bond acceptors (Lipinski definition) is 5. The number of amides is 2. The summed E-state index contributed by atoms with van der Waals surface area (Å²) in [7, 11) is 0. The zero-order valence-corrected chi connectivity index (χ0v) is 17.8. The largest absolute Gasteiger partial charge is 0.513 e. The van der Waals surface area contributed by atoms with Crippen molar-refractivity contribution in [2.75, 3.05) is 17.2 Å². The van der Waals surface area contributed by atoms with Gasteiger partial charge >= 0.3 is 12.3 Å². The van der Waals surface area contributed by atoms with Crippen LogP contribution in [0.4, 0.5) is 29.3 Å². The zero-order chi connectivity index (χ0) is 24.7. The number of carbonyl (C=O) groups is 3. The molecule has 0 bridgehead atoms. The Kier molecular flexibility index (Phi) is 7.52. The molecule has 0 aliphatic rings. The lowest BCUT2D eigenvalue weighted by molar-refractivity contribution is -0.137. The topological polar surface area (TPSA) is 93.7 Å². The Morgan fingerprint density at radius 3 is 1.59 bits per heavy atom. The monoisotopic (exact) mass is 472 g/mol. The molecule has 0 saturated carbocycles. The first-order chi connectivity index (χ1) is 16.2. The molecule has 7 nitrogen and oxygen atoms in total. The van der Waals surface area contributed by atoms with E-state index >= 15 is 0 Å². The molecule has 176 valence electrons. The summed E-state index contributed by atoms with van der Waals surface area (Å²) in [5.74, 6) is -0.761. The molecule has 0 unspecified atom stereocenters. The van der Waals surface area contributed by atoms with Gasteiger partial charge in [-0.1, -0.05) is 0 Å². The van der Waals surface area contributed by atoms with E-state index in [9.17, 15) is 27.6 Å². The minimum absolute atomic E-state index is 0.0702. The fourth-order valence-electron chi connectivity index (χ4n) is 2.77. The summed E-state index contributed by atoms with van der Waals surface area (Å²) < 4.78 is 47.5. The van der Waals surface area contributed by atoms with Crippen LogP contribution < -0.4 is 15.4 Å². The Bertz CT molecular complexity index is 1160. The summed E-state index contributed by atoms with van der Waals surface area (Å²) >= 11 is 0. The standard InChI is InChI=1S/C24H19F3N2O5/c1-2-33-23(32)34-20-13-5-16(6-14-20)22(31)29-19-11-9-18(10-12-19)28-21(30)15-3-7-17(8-4-15)24(25,26)27/h3-14H,2H2,1H3,(H,28,30)(H,29,31). The van der Waals surface area contributed by atoms with Gasteiger partial charge in [-0.25, -0.2) is 4.79 Å². The van der Waals surface area contributed by atoms with Crippen LogP contribution in [-0.4, -0.2) is 24.6 Å². The Morgan fingerprint density at radius 1 is 0.735 bits per heavy atom. The molecule has 34 heavy (non-hydrogen) atoms. The maximum Gasteiger partial charge on any atom is 0.513 e. The molecule has 0 radical (unpaired) electrons. The maximum absolute atomic E-state index is 12.6. The van der Waals surface area contributed by atoms with E-state index in [1.807, 2.05) is 0 Å². The van der Waals surface area contributed by atoms with Crippen molar-refractivity contribution in [3.8, 4) is 5.75 Å². The van der Waals surface area contributed by atoms with Gasteiger partial charge in [0, 0.05) is 22.5 Å². The number of anilines is 2. The van der Waals surface area contributed by atoms with E-state index in [0.29, 0.717) is 16.9 Å². The van der Waals surface area contributed by atoms with Crippen LogP contribution in [0.1, 0.15) is 33.2 Å². The van der Waals surface area contributed by atoms with Crippen molar-refractivity contribution in [3.05, 3.63) is 89.5 Å². The Balaban J connectivity index is 1.56. The van der Waals surface area contributed by atoms with Crippen LogP contribution >= 0.6 is 0 Å². The molecular formula is C24H19F3N2O5. The highest BCUT2D eigenvalue weighted by Gasteiger charge is 2.30. The van der Waals surface area contributed by atoms with E-state index < -0.39 is 29.7 Å². The number of hydrogen-bond donors (Lipinski definition) is 2. The summed E-state index contributed by atoms with van der Waals surface area (Å²) in [6, 6.07) is 15.9. The first-order valence-electron chi connectivity index (χ1n) is 10.0. The molecule has 10 heteroatoms. The Hall–Kier alpha value is -4.34. The van der Waals surface area contributed by atoms with E-state index in [0.717, 1.165) is 24.3 Å². The minimum atomic E-state index is -4.48. The number of halogens is 3. The molecule has 2 N–H and O–H groups in total. The summed E-state index contributed by atoms with van der Waals surface area (Å²) in [5.41, 5.74) is 0.384. The molecule has 0 spiro atoms. The van der Waals surface area contributed by atoms with Crippen LogP contribution in [0.5, 0.6) is 5.75 Å². The van der Waals surface area contributed by atoms with Gasteiger partial charge in [-0.05, 0) is 79.7 Å². The average Bonchev–Trinajstić information content (AvgIpc) is 2.80. The fraction of sp³-hybridized carbons (Fsp3) is 0.125. The van der Waals surface area contributed by atoms with Gasteiger partial charge in [0.15, 0.2) is 0 Å². The van der Waals surface area contributed by atoms with Crippen LogP contribution in [0.3, 0.4) is 0 Å². The number of carbonyl (C=O) groups excluding carboxylic acids is 3. The Morgan fingerprint density at radius 2 is 1.18 bits per heavy atom. The summed E-state index contributed by atoms with van der Waals surface area (Å²) in [6.07, 6.45) is -5.32. The third-order valence-electron chi connectivity index (χ3n) is 4.45. The third kappa shape index (κ3) is 6.58. The van der Waals surface area contributed by atoms with Crippen LogP contribution in [0.15, 0.2) is 72.8 Å². The molecule has 2 amide bonds. The number of nitrogens with one attached hydrogen (secondary N) is 2. The van der Waals surface area contributed by atoms with Gasteiger partial charge in [0.25, 0.3) is 11.8 Å². The molecule has 0 heterocycles. The van der Waals surface area contributed by atoms with Crippen LogP contribution in [0.25, 0.3) is 0 Å². The van der Waals surface area contributed by atoms with Crippen molar-refractivity contribution in [1.82, 2.24) is 0 Å². The zero-order valence-electron chi connectivity index (χ0n) is 17.8. The molecule has 0 saturated heterocycles. The van der Waals surface area contributed by atoms with E-state index in [-0.39, 0.29) is 17.9 Å². The second-order valence-corrected chi connectivity index (χ2v) is 6.87. The Labute approximate surface area is 192 Å². The van der Waals surface area contributed by atoms with E-state index in [4.69, 9.17) is 4.74 Å². The van der Waals surface area contributed by atoms with Gasteiger partial charge in [0.1, 0.15) is 5.75 Å². The number of ether oxygens (including phenoxy) is 2. The number of alkyl halides is 3. The predicted molar refractivity (Wildman–Crippen MR) is 118 cm³/mol. The van der Waals surface area contributed by atoms with Gasteiger partial charge in [0.2, 0.25) is 0 Å². The van der Waals surface area contributed by atoms with Gasteiger partial charge in [-0.2, -0.15) is 13.2 Å². The van der Waals surface area contributed by atoms with Crippen molar-refractivity contribution in [1.29, 1.82) is 0 Å². The molecule has 3 aromatic carbocycles. The summed E-state index contributed by atoms with van der Waals surface area (Å²) in [4.78, 5) is 36.0. The first kappa shape index (κ1) is 24.3. The van der Waals surface area contributed by atoms with Gasteiger partial charge in [0.05, 0.1) is 12.2 Å². The van der Waals surface area contributed by atoms with Crippen molar-refractivity contribution in [2.45, 2.75) is 13.1 Å². The van der Waals surface area contributed by atoms with Crippen molar-refractivity contribution in [3.63, 3.8) is 0 Å². The smallest absolute Gasteiger partial charge is 0.434 e. The van der Waals surface area contributed by atoms with Crippen molar-refractivity contribution < 1.29 is 37.0 Å². The summed E-state index contributed by atoms with van der Waals surface area (Å²) in [6.45, 7) is 1.82. The minimum Gasteiger partial charge on any atom is -0.434 e. The second-order valence-electron chi connectivity index (χ2n) is 6.87. The highest BCUT2D eigenvalue weighted by Crippen LogP contribution is 2.29. The average molecular weight is 472 g/mol. The molecule has 0 atom stereocenters. The molecule has 0 fully saturated rings. The maximum atomic E-state index is 12.6. The van der Waals surface area contributed by atoms with E-state index in [1.165, 1.54) is 36.4 Å². The van der Waals surface area contributed by atoms with Gasteiger partial charge in [-0.3, -0.25) is 9.59 Å². The molecule has 3 aromatic rings. The summed E-state index contributed by atoms with van der Waals surface area (Å²) in [5, 5.41) is 5.26. The number of rotatable bonds is 6. The molecule has 0 aromatic heterocycles. The van der Waals surface area contributed by atoms with Crippen LogP contribution in [-0.2, 0) is 10.9 Å². The molecule has 3 rings (SSSR count). The van der Waals surface area contributed by atoms with Crippen LogP contribution in [0.2, 0.25) is 0 Å². The lowest BCUT2D eigenvalue weighted by atomic mass is 10.1. The molecular weight excluding hydrogens is 453 g/mol. The predicted octanol–water partition coefficient (Wildman–Crippen LogP) is 5.75. The SMILES string of the molecule is CCOC(=O)Oc1ccc(C(=O)Nc2ccc(NC(=O)c3ccc(C(F)(F)F)cc3)cc2)cc1. The van der Waals surface area contributed by atoms with E-state index in [1.54, 1.807) is 19.1 Å². The first-order valence-corrected chi connectivity index (χ1v) is 10.0.